The fourth-order valence-corrected chi connectivity index (χ4v) is 1.61. The van der Waals surface area contributed by atoms with Gasteiger partial charge in [-0.25, -0.2) is 4.79 Å². The SMILES string of the molecule is CC(C)OC(=O)N1CCC(=NO)C(C)C1. The molecule has 5 nitrogen and oxygen atoms in total. The Kier molecular flexibility index (Phi) is 3.94. The highest BCUT2D eigenvalue weighted by atomic mass is 16.6. The fourth-order valence-electron chi connectivity index (χ4n) is 1.61. The number of oxime groups is 1. The zero-order valence-corrected chi connectivity index (χ0v) is 9.43. The summed E-state index contributed by atoms with van der Waals surface area (Å²) >= 11 is 0. The zero-order valence-electron chi connectivity index (χ0n) is 9.43. The zero-order chi connectivity index (χ0) is 11.4. The summed E-state index contributed by atoms with van der Waals surface area (Å²) in [6.45, 7) is 6.71. The second-order valence-corrected chi connectivity index (χ2v) is 4.12. The third kappa shape index (κ3) is 3.11. The normalized spacial score (nSPS) is 24.7. The largest absolute Gasteiger partial charge is 0.447 e. The Morgan fingerprint density at radius 1 is 1.67 bits per heavy atom. The molecule has 0 spiro atoms. The minimum absolute atomic E-state index is 0.0966. The molecule has 0 radical (unpaired) electrons. The quantitative estimate of drug-likeness (QED) is 0.534. The number of carbonyl (C=O) groups is 1. The topological polar surface area (TPSA) is 62.1 Å². The lowest BCUT2D eigenvalue weighted by atomic mass is 9.98. The first kappa shape index (κ1) is 11.8. The van der Waals surface area contributed by atoms with Crippen molar-refractivity contribution in [3.63, 3.8) is 0 Å². The summed E-state index contributed by atoms with van der Waals surface area (Å²) in [6.07, 6.45) is 0.236. The van der Waals surface area contributed by atoms with E-state index in [0.29, 0.717) is 19.5 Å². The number of piperidine rings is 1. The Hall–Kier alpha value is -1.26. The van der Waals surface area contributed by atoms with Crippen LogP contribution < -0.4 is 0 Å². The summed E-state index contributed by atoms with van der Waals surface area (Å²) in [6, 6.07) is 0. The van der Waals surface area contributed by atoms with Crippen LogP contribution in [0.15, 0.2) is 5.16 Å². The lowest BCUT2D eigenvalue weighted by Gasteiger charge is -2.31. The van der Waals surface area contributed by atoms with E-state index >= 15 is 0 Å². The molecular weight excluding hydrogens is 196 g/mol. The van der Waals surface area contributed by atoms with E-state index in [2.05, 4.69) is 5.16 Å². The van der Waals surface area contributed by atoms with Crippen LogP contribution in [0.4, 0.5) is 4.79 Å². The van der Waals surface area contributed by atoms with Crippen LogP contribution in [-0.4, -0.2) is 41.1 Å². The molecule has 5 heteroatoms. The fraction of sp³-hybridized carbons (Fsp3) is 0.800. The van der Waals surface area contributed by atoms with Crippen LogP contribution in [0.3, 0.4) is 0 Å². The highest BCUT2D eigenvalue weighted by Crippen LogP contribution is 2.14. The predicted molar refractivity (Wildman–Crippen MR) is 56.2 cm³/mol. The molecule has 1 unspecified atom stereocenters. The molecule has 1 rings (SSSR count). The molecule has 1 fully saturated rings. The molecule has 0 aromatic carbocycles. The number of rotatable bonds is 1. The highest BCUT2D eigenvalue weighted by molar-refractivity contribution is 5.88. The second-order valence-electron chi connectivity index (χ2n) is 4.12. The number of hydrogen-bond acceptors (Lipinski definition) is 4. The predicted octanol–water partition coefficient (Wildman–Crippen LogP) is 1.70. The summed E-state index contributed by atoms with van der Waals surface area (Å²) < 4.78 is 5.09. The molecule has 0 saturated carbocycles. The van der Waals surface area contributed by atoms with Gasteiger partial charge in [0.1, 0.15) is 0 Å². The van der Waals surface area contributed by atoms with Gasteiger partial charge in [-0.3, -0.25) is 0 Å². The molecule has 1 saturated heterocycles. The van der Waals surface area contributed by atoms with Crippen molar-refractivity contribution in [2.45, 2.75) is 33.3 Å². The maximum Gasteiger partial charge on any atom is 0.410 e. The molecule has 1 aliphatic heterocycles. The van der Waals surface area contributed by atoms with Gasteiger partial charge in [0.05, 0.1) is 11.8 Å². The van der Waals surface area contributed by atoms with Gasteiger partial charge < -0.3 is 14.8 Å². The minimum atomic E-state index is -0.283. The van der Waals surface area contributed by atoms with Crippen LogP contribution in [0, 0.1) is 5.92 Å². The summed E-state index contributed by atoms with van der Waals surface area (Å²) in [7, 11) is 0. The molecule has 1 aliphatic rings. The lowest BCUT2D eigenvalue weighted by molar-refractivity contribution is 0.0728. The smallest absolute Gasteiger partial charge is 0.410 e. The molecule has 1 amide bonds. The lowest BCUT2D eigenvalue weighted by Crippen LogP contribution is -2.44. The highest BCUT2D eigenvalue weighted by Gasteiger charge is 2.26. The van der Waals surface area contributed by atoms with Gasteiger partial charge in [-0.1, -0.05) is 12.1 Å². The first-order valence-electron chi connectivity index (χ1n) is 5.21. The number of ether oxygens (including phenoxy) is 1. The van der Waals surface area contributed by atoms with E-state index in [1.54, 1.807) is 4.90 Å². The molecular formula is C10H18N2O3. The van der Waals surface area contributed by atoms with Crippen LogP contribution in [0.25, 0.3) is 0 Å². The van der Waals surface area contributed by atoms with Gasteiger partial charge in [-0.2, -0.15) is 0 Å². The van der Waals surface area contributed by atoms with Gasteiger partial charge in [0, 0.05) is 25.4 Å². The van der Waals surface area contributed by atoms with Crippen molar-refractivity contribution in [2.75, 3.05) is 13.1 Å². The van der Waals surface area contributed by atoms with Crippen LogP contribution in [-0.2, 0) is 4.74 Å². The molecule has 0 bridgehead atoms. The Morgan fingerprint density at radius 3 is 2.80 bits per heavy atom. The summed E-state index contributed by atoms with van der Waals surface area (Å²) in [5.74, 6) is 0.100. The van der Waals surface area contributed by atoms with Crippen molar-refractivity contribution < 1.29 is 14.7 Å². The first-order chi connectivity index (χ1) is 7.04. The van der Waals surface area contributed by atoms with Crippen molar-refractivity contribution >= 4 is 11.8 Å². The number of hydrogen-bond donors (Lipinski definition) is 1. The van der Waals surface area contributed by atoms with E-state index < -0.39 is 0 Å². The van der Waals surface area contributed by atoms with Crippen molar-refractivity contribution in [3.8, 4) is 0 Å². The Bertz CT molecular complexity index is 263. The van der Waals surface area contributed by atoms with E-state index in [1.165, 1.54) is 0 Å². The van der Waals surface area contributed by atoms with Gasteiger partial charge in [0.15, 0.2) is 0 Å². The molecule has 15 heavy (non-hydrogen) atoms. The maximum absolute atomic E-state index is 11.6. The third-order valence-corrected chi connectivity index (χ3v) is 2.42. The number of likely N-dealkylation sites (tertiary alicyclic amines) is 1. The summed E-state index contributed by atoms with van der Waals surface area (Å²) in [4.78, 5) is 13.2. The molecule has 1 atom stereocenters. The van der Waals surface area contributed by atoms with E-state index in [-0.39, 0.29) is 18.1 Å². The van der Waals surface area contributed by atoms with Crippen LogP contribution in [0.2, 0.25) is 0 Å². The molecule has 0 aromatic heterocycles. The van der Waals surface area contributed by atoms with Crippen LogP contribution >= 0.6 is 0 Å². The first-order valence-corrected chi connectivity index (χ1v) is 5.21. The van der Waals surface area contributed by atoms with Crippen molar-refractivity contribution in [1.82, 2.24) is 4.90 Å². The van der Waals surface area contributed by atoms with Gasteiger partial charge >= 0.3 is 6.09 Å². The Labute approximate surface area is 89.7 Å². The molecule has 0 aromatic rings. The summed E-state index contributed by atoms with van der Waals surface area (Å²) in [5.41, 5.74) is 0.753. The minimum Gasteiger partial charge on any atom is -0.447 e. The van der Waals surface area contributed by atoms with E-state index in [1.807, 2.05) is 20.8 Å². The van der Waals surface area contributed by atoms with Gasteiger partial charge in [-0.05, 0) is 13.8 Å². The average molecular weight is 214 g/mol. The van der Waals surface area contributed by atoms with Crippen LogP contribution in [0.1, 0.15) is 27.2 Å². The molecule has 1 N–H and O–H groups in total. The Morgan fingerprint density at radius 2 is 2.33 bits per heavy atom. The number of carbonyl (C=O) groups excluding carboxylic acids is 1. The molecule has 1 heterocycles. The van der Waals surface area contributed by atoms with Gasteiger partial charge in [-0.15, -0.1) is 0 Å². The van der Waals surface area contributed by atoms with Gasteiger partial charge in [0.25, 0.3) is 0 Å². The Balaban J connectivity index is 2.50. The standard InChI is InChI=1S/C10H18N2O3/c1-7(2)15-10(13)12-5-4-9(11-14)8(3)6-12/h7-8,14H,4-6H2,1-3H3. The average Bonchev–Trinajstić information content (AvgIpc) is 2.16. The number of amides is 1. The van der Waals surface area contributed by atoms with Gasteiger partial charge in [0.2, 0.25) is 0 Å². The van der Waals surface area contributed by atoms with E-state index in [0.717, 1.165) is 5.71 Å². The second kappa shape index (κ2) is 5.00. The molecule has 0 aliphatic carbocycles. The molecule has 86 valence electrons. The van der Waals surface area contributed by atoms with Crippen molar-refractivity contribution in [3.05, 3.63) is 0 Å². The summed E-state index contributed by atoms with van der Waals surface area (Å²) in [5, 5.41) is 11.9. The van der Waals surface area contributed by atoms with Crippen molar-refractivity contribution in [1.29, 1.82) is 0 Å². The van der Waals surface area contributed by atoms with E-state index in [4.69, 9.17) is 9.94 Å². The third-order valence-electron chi connectivity index (χ3n) is 2.42. The van der Waals surface area contributed by atoms with Crippen molar-refractivity contribution in [2.24, 2.45) is 11.1 Å². The number of nitrogens with zero attached hydrogens (tertiary/aromatic N) is 2. The maximum atomic E-state index is 11.6. The van der Waals surface area contributed by atoms with Crippen LogP contribution in [0.5, 0.6) is 0 Å². The van der Waals surface area contributed by atoms with E-state index in [9.17, 15) is 4.79 Å². The monoisotopic (exact) mass is 214 g/mol.